The summed E-state index contributed by atoms with van der Waals surface area (Å²) in [5.41, 5.74) is 5.78. The molecule has 1 nitrogen and oxygen atoms in total. The van der Waals surface area contributed by atoms with Gasteiger partial charge in [-0.15, -0.1) is 0 Å². The monoisotopic (exact) mass is 184 g/mol. The van der Waals surface area contributed by atoms with Crippen LogP contribution in [0.15, 0.2) is 24.3 Å². The molecule has 0 atom stereocenters. The molecule has 1 aromatic carbocycles. The Morgan fingerprint density at radius 3 is 2.93 bits per heavy atom. The summed E-state index contributed by atoms with van der Waals surface area (Å²) in [6.45, 7) is 2.25. The van der Waals surface area contributed by atoms with Gasteiger partial charge in [0.25, 0.3) is 0 Å². The highest BCUT2D eigenvalue weighted by Gasteiger charge is 2.21. The van der Waals surface area contributed by atoms with Crippen molar-refractivity contribution in [2.24, 2.45) is 0 Å². The maximum Gasteiger partial charge on any atom is 0.211 e. The number of hydrogen-bond donors (Lipinski definition) is 0. The SMILES string of the molecule is Cc1c2c([nH+]c3ccccc13)CCC2. The van der Waals surface area contributed by atoms with Crippen molar-refractivity contribution in [3.05, 3.63) is 41.1 Å². The van der Waals surface area contributed by atoms with E-state index in [4.69, 9.17) is 0 Å². The first kappa shape index (κ1) is 7.98. The number of benzene rings is 1. The second-order valence-corrected chi connectivity index (χ2v) is 4.11. The molecule has 0 bridgehead atoms. The fourth-order valence-corrected chi connectivity index (χ4v) is 2.54. The lowest BCUT2D eigenvalue weighted by atomic mass is 10.0. The third-order valence-electron chi connectivity index (χ3n) is 3.29. The fourth-order valence-electron chi connectivity index (χ4n) is 2.54. The van der Waals surface area contributed by atoms with Crippen molar-refractivity contribution >= 4 is 10.9 Å². The second kappa shape index (κ2) is 2.81. The zero-order valence-corrected chi connectivity index (χ0v) is 8.43. The first-order valence-corrected chi connectivity index (χ1v) is 5.28. The minimum Gasteiger partial charge on any atom is -0.208 e. The molecule has 0 amide bonds. The number of fused-ring (bicyclic) bond motifs is 2. The molecule has 0 saturated heterocycles. The van der Waals surface area contributed by atoms with E-state index >= 15 is 0 Å². The van der Waals surface area contributed by atoms with Crippen LogP contribution in [0.5, 0.6) is 0 Å². The molecule has 0 unspecified atom stereocenters. The fraction of sp³-hybridized carbons (Fsp3) is 0.308. The number of aromatic amines is 1. The van der Waals surface area contributed by atoms with Gasteiger partial charge >= 0.3 is 0 Å². The van der Waals surface area contributed by atoms with Gasteiger partial charge in [-0.1, -0.05) is 12.1 Å². The number of nitrogens with one attached hydrogen (secondary N) is 1. The Labute approximate surface area is 83.8 Å². The molecule has 0 spiro atoms. The van der Waals surface area contributed by atoms with E-state index in [0.29, 0.717) is 0 Å². The highest BCUT2D eigenvalue weighted by Crippen LogP contribution is 2.26. The first-order valence-electron chi connectivity index (χ1n) is 5.28. The van der Waals surface area contributed by atoms with Gasteiger partial charge in [0, 0.05) is 23.4 Å². The number of rotatable bonds is 0. The zero-order chi connectivity index (χ0) is 9.54. The minimum atomic E-state index is 1.22. The molecule has 1 N–H and O–H groups in total. The van der Waals surface area contributed by atoms with Crippen LogP contribution in [-0.2, 0) is 12.8 Å². The summed E-state index contributed by atoms with van der Waals surface area (Å²) in [6, 6.07) is 8.59. The van der Waals surface area contributed by atoms with Crippen LogP contribution >= 0.6 is 0 Å². The largest absolute Gasteiger partial charge is 0.211 e. The summed E-state index contributed by atoms with van der Waals surface area (Å²) in [5, 5.41) is 1.38. The van der Waals surface area contributed by atoms with Crippen molar-refractivity contribution in [2.45, 2.75) is 26.2 Å². The summed E-state index contributed by atoms with van der Waals surface area (Å²) in [6.07, 6.45) is 3.78. The number of pyridine rings is 1. The van der Waals surface area contributed by atoms with Gasteiger partial charge < -0.3 is 0 Å². The van der Waals surface area contributed by atoms with E-state index in [1.165, 1.54) is 41.4 Å². The van der Waals surface area contributed by atoms with Gasteiger partial charge in [-0.05, 0) is 31.4 Å². The van der Waals surface area contributed by atoms with Crippen LogP contribution in [0.4, 0.5) is 0 Å². The van der Waals surface area contributed by atoms with E-state index in [-0.39, 0.29) is 0 Å². The number of H-pyrrole nitrogens is 1. The predicted molar refractivity (Wildman–Crippen MR) is 57.3 cm³/mol. The second-order valence-electron chi connectivity index (χ2n) is 4.11. The van der Waals surface area contributed by atoms with Gasteiger partial charge in [-0.25, -0.2) is 4.98 Å². The lowest BCUT2D eigenvalue weighted by Crippen LogP contribution is -2.13. The van der Waals surface area contributed by atoms with Crippen molar-refractivity contribution in [1.82, 2.24) is 0 Å². The molecule has 14 heavy (non-hydrogen) atoms. The lowest BCUT2D eigenvalue weighted by Gasteiger charge is -2.02. The van der Waals surface area contributed by atoms with Gasteiger partial charge in [0.1, 0.15) is 0 Å². The molecule has 0 saturated carbocycles. The van der Waals surface area contributed by atoms with E-state index in [0.717, 1.165) is 0 Å². The van der Waals surface area contributed by atoms with Crippen LogP contribution in [0.25, 0.3) is 10.9 Å². The number of para-hydroxylation sites is 1. The Bertz CT molecular complexity index is 500. The summed E-state index contributed by atoms with van der Waals surface area (Å²) < 4.78 is 0. The predicted octanol–water partition coefficient (Wildman–Crippen LogP) is 2.45. The summed E-state index contributed by atoms with van der Waals surface area (Å²) in [7, 11) is 0. The van der Waals surface area contributed by atoms with Crippen molar-refractivity contribution in [2.75, 3.05) is 0 Å². The van der Waals surface area contributed by atoms with E-state index in [1.807, 2.05) is 0 Å². The van der Waals surface area contributed by atoms with Crippen molar-refractivity contribution in [1.29, 1.82) is 0 Å². The molecule has 1 aliphatic rings. The zero-order valence-electron chi connectivity index (χ0n) is 8.43. The maximum atomic E-state index is 3.55. The van der Waals surface area contributed by atoms with E-state index in [2.05, 4.69) is 36.2 Å². The Balaban J connectivity index is 2.44. The average Bonchev–Trinajstić information content (AvgIpc) is 2.66. The molecule has 70 valence electrons. The van der Waals surface area contributed by atoms with Crippen LogP contribution in [0.1, 0.15) is 23.2 Å². The maximum absolute atomic E-state index is 3.55. The standard InChI is InChI=1S/C13H13N/c1-9-10-5-2-3-7-12(10)14-13-8-4-6-11(9)13/h2-3,5,7H,4,6,8H2,1H3/p+1. The van der Waals surface area contributed by atoms with Crippen LogP contribution in [-0.4, -0.2) is 0 Å². The first-order chi connectivity index (χ1) is 6.86. The Morgan fingerprint density at radius 1 is 1.14 bits per heavy atom. The van der Waals surface area contributed by atoms with Gasteiger partial charge in [-0.3, -0.25) is 0 Å². The number of aromatic nitrogens is 1. The molecule has 0 fully saturated rings. The number of hydrogen-bond acceptors (Lipinski definition) is 0. The Hall–Kier alpha value is -1.37. The molecule has 0 aliphatic heterocycles. The normalized spacial score (nSPS) is 14.6. The molecule has 2 aromatic rings. The van der Waals surface area contributed by atoms with Crippen LogP contribution in [0.2, 0.25) is 0 Å². The average molecular weight is 184 g/mol. The van der Waals surface area contributed by atoms with Gasteiger partial charge in [0.05, 0.1) is 0 Å². The minimum absolute atomic E-state index is 1.22. The third kappa shape index (κ3) is 0.985. The molecular formula is C13H14N+. The molecule has 1 aromatic heterocycles. The highest BCUT2D eigenvalue weighted by atomic mass is 14.7. The van der Waals surface area contributed by atoms with Gasteiger partial charge in [-0.2, -0.15) is 0 Å². The quantitative estimate of drug-likeness (QED) is 0.597. The van der Waals surface area contributed by atoms with Crippen LogP contribution in [0, 0.1) is 6.92 Å². The summed E-state index contributed by atoms with van der Waals surface area (Å²) >= 11 is 0. The van der Waals surface area contributed by atoms with E-state index < -0.39 is 0 Å². The van der Waals surface area contributed by atoms with Crippen LogP contribution in [0.3, 0.4) is 0 Å². The molecule has 1 aliphatic carbocycles. The molecule has 0 radical (unpaired) electrons. The summed E-state index contributed by atoms with van der Waals surface area (Å²) in [5.74, 6) is 0. The van der Waals surface area contributed by atoms with Crippen molar-refractivity contribution in [3.63, 3.8) is 0 Å². The Kier molecular flexibility index (Phi) is 1.60. The Morgan fingerprint density at radius 2 is 2.00 bits per heavy atom. The third-order valence-corrected chi connectivity index (χ3v) is 3.29. The number of aryl methyl sites for hydroxylation is 2. The van der Waals surface area contributed by atoms with Gasteiger partial charge in [0.2, 0.25) is 5.52 Å². The molecule has 3 rings (SSSR count). The molecule has 1 heteroatoms. The lowest BCUT2D eigenvalue weighted by molar-refractivity contribution is -0.357. The van der Waals surface area contributed by atoms with Gasteiger partial charge in [0.15, 0.2) is 5.69 Å². The summed E-state index contributed by atoms with van der Waals surface area (Å²) in [4.78, 5) is 3.55. The molecule has 1 heterocycles. The smallest absolute Gasteiger partial charge is 0.208 e. The highest BCUT2D eigenvalue weighted by molar-refractivity contribution is 5.80. The van der Waals surface area contributed by atoms with E-state index in [9.17, 15) is 0 Å². The topological polar surface area (TPSA) is 14.1 Å². The molecular weight excluding hydrogens is 170 g/mol. The van der Waals surface area contributed by atoms with Crippen molar-refractivity contribution in [3.8, 4) is 0 Å². The van der Waals surface area contributed by atoms with Crippen LogP contribution < -0.4 is 4.98 Å². The van der Waals surface area contributed by atoms with Crippen molar-refractivity contribution < 1.29 is 4.98 Å². The van der Waals surface area contributed by atoms with E-state index in [1.54, 1.807) is 5.56 Å².